The van der Waals surface area contributed by atoms with Crippen LogP contribution >= 0.6 is 0 Å². The number of amides is 2. The van der Waals surface area contributed by atoms with Crippen molar-refractivity contribution in [2.45, 2.75) is 18.7 Å². The zero-order chi connectivity index (χ0) is 12.3. The summed E-state index contributed by atoms with van der Waals surface area (Å²) in [6.45, 7) is -0.778. The van der Waals surface area contributed by atoms with Gasteiger partial charge in [-0.2, -0.15) is 13.2 Å². The lowest BCUT2D eigenvalue weighted by molar-refractivity contribution is -0.202. The fourth-order valence-electron chi connectivity index (χ4n) is 1.25. The summed E-state index contributed by atoms with van der Waals surface area (Å²) in [5.74, 6) is -1.63. The molecule has 2 unspecified atom stereocenters. The molecule has 1 fully saturated rings. The van der Waals surface area contributed by atoms with E-state index < -0.39 is 30.7 Å². The van der Waals surface area contributed by atoms with Crippen molar-refractivity contribution in [3.63, 3.8) is 0 Å². The van der Waals surface area contributed by atoms with Crippen LogP contribution in [0.2, 0.25) is 0 Å². The van der Waals surface area contributed by atoms with Crippen LogP contribution in [0, 0.1) is 5.92 Å². The molecule has 0 aromatic rings. The van der Waals surface area contributed by atoms with Gasteiger partial charge in [0.15, 0.2) is 6.10 Å². The van der Waals surface area contributed by atoms with Gasteiger partial charge < -0.3 is 15.7 Å². The first-order chi connectivity index (χ1) is 7.30. The molecule has 0 bridgehead atoms. The second-order valence-electron chi connectivity index (χ2n) is 3.51. The number of aliphatic hydroxyl groups is 1. The summed E-state index contributed by atoms with van der Waals surface area (Å²) in [7, 11) is 0. The number of alkyl halides is 3. The van der Waals surface area contributed by atoms with Crippen LogP contribution in [-0.2, 0) is 9.59 Å². The molecule has 8 heteroatoms. The molecule has 5 nitrogen and oxygen atoms in total. The third-order valence-electron chi connectivity index (χ3n) is 2.20. The van der Waals surface area contributed by atoms with Gasteiger partial charge in [0, 0.05) is 13.0 Å². The molecule has 1 heterocycles. The van der Waals surface area contributed by atoms with Gasteiger partial charge in [-0.25, -0.2) is 0 Å². The summed E-state index contributed by atoms with van der Waals surface area (Å²) in [6.07, 6.45) is -7.37. The monoisotopic (exact) mass is 240 g/mol. The lowest BCUT2D eigenvalue weighted by atomic mass is 10.1. The van der Waals surface area contributed by atoms with Crippen LogP contribution in [0.25, 0.3) is 0 Å². The van der Waals surface area contributed by atoms with Gasteiger partial charge in [0.2, 0.25) is 11.8 Å². The maximum absolute atomic E-state index is 11.9. The normalized spacial score (nSPS) is 22.8. The third kappa shape index (κ3) is 3.37. The lowest BCUT2D eigenvalue weighted by Crippen LogP contribution is -2.43. The standard InChI is InChI=1S/C8H11F3N2O3/c9-8(10,11)5(14)3-13-7(16)4-1-6(15)12-2-4/h4-5,14H,1-3H2,(H,12,15)(H,13,16). The average Bonchev–Trinajstić information content (AvgIpc) is 2.59. The minimum Gasteiger partial charge on any atom is -0.382 e. The van der Waals surface area contributed by atoms with Crippen molar-refractivity contribution in [1.82, 2.24) is 10.6 Å². The maximum atomic E-state index is 11.9. The van der Waals surface area contributed by atoms with Gasteiger partial charge in [-0.3, -0.25) is 9.59 Å². The summed E-state index contributed by atoms with van der Waals surface area (Å²) in [4.78, 5) is 22.0. The van der Waals surface area contributed by atoms with Gasteiger partial charge in [-0.1, -0.05) is 0 Å². The number of halogens is 3. The first-order valence-corrected chi connectivity index (χ1v) is 4.60. The van der Waals surface area contributed by atoms with Crippen LogP contribution in [0.1, 0.15) is 6.42 Å². The summed E-state index contributed by atoms with van der Waals surface area (Å²) in [5.41, 5.74) is 0. The number of carbonyl (C=O) groups is 2. The van der Waals surface area contributed by atoms with Crippen molar-refractivity contribution in [2.75, 3.05) is 13.1 Å². The van der Waals surface area contributed by atoms with E-state index in [4.69, 9.17) is 5.11 Å². The Hall–Kier alpha value is -1.31. The van der Waals surface area contributed by atoms with Crippen molar-refractivity contribution in [3.8, 4) is 0 Å². The van der Waals surface area contributed by atoms with Crippen LogP contribution < -0.4 is 10.6 Å². The van der Waals surface area contributed by atoms with E-state index in [2.05, 4.69) is 5.32 Å². The van der Waals surface area contributed by atoms with Crippen LogP contribution in [0.5, 0.6) is 0 Å². The second kappa shape index (κ2) is 4.69. The van der Waals surface area contributed by atoms with Gasteiger partial charge in [-0.05, 0) is 0 Å². The zero-order valence-corrected chi connectivity index (χ0v) is 8.17. The molecule has 1 aliphatic rings. The zero-order valence-electron chi connectivity index (χ0n) is 8.17. The highest BCUT2D eigenvalue weighted by atomic mass is 19.4. The minimum atomic E-state index is -4.75. The Balaban J connectivity index is 2.33. The molecule has 2 amide bonds. The van der Waals surface area contributed by atoms with E-state index in [1.54, 1.807) is 0 Å². The Morgan fingerprint density at radius 3 is 2.69 bits per heavy atom. The molecule has 0 aromatic heterocycles. The molecular weight excluding hydrogens is 229 g/mol. The van der Waals surface area contributed by atoms with Crippen LogP contribution in [0.15, 0.2) is 0 Å². The van der Waals surface area contributed by atoms with E-state index in [0.717, 1.165) is 0 Å². The average molecular weight is 240 g/mol. The molecule has 0 radical (unpaired) electrons. The highest BCUT2D eigenvalue weighted by Crippen LogP contribution is 2.19. The van der Waals surface area contributed by atoms with E-state index in [0.29, 0.717) is 0 Å². The van der Waals surface area contributed by atoms with Crippen molar-refractivity contribution in [3.05, 3.63) is 0 Å². The SMILES string of the molecule is O=C1CC(C(=O)NCC(O)C(F)(F)F)CN1. The molecule has 0 aromatic carbocycles. The minimum absolute atomic E-state index is 0.0338. The van der Waals surface area contributed by atoms with E-state index in [-0.39, 0.29) is 18.9 Å². The van der Waals surface area contributed by atoms with E-state index in [1.807, 2.05) is 5.32 Å². The number of rotatable bonds is 3. The quantitative estimate of drug-likeness (QED) is 0.602. The Kier molecular flexibility index (Phi) is 3.74. The fraction of sp³-hybridized carbons (Fsp3) is 0.750. The largest absolute Gasteiger partial charge is 0.416 e. The Morgan fingerprint density at radius 1 is 1.62 bits per heavy atom. The maximum Gasteiger partial charge on any atom is 0.416 e. The van der Waals surface area contributed by atoms with Crippen molar-refractivity contribution in [2.24, 2.45) is 5.92 Å². The molecule has 16 heavy (non-hydrogen) atoms. The van der Waals surface area contributed by atoms with Crippen molar-refractivity contribution < 1.29 is 27.9 Å². The van der Waals surface area contributed by atoms with E-state index in [1.165, 1.54) is 0 Å². The second-order valence-corrected chi connectivity index (χ2v) is 3.51. The highest BCUT2D eigenvalue weighted by Gasteiger charge is 2.38. The number of aliphatic hydroxyl groups excluding tert-OH is 1. The Morgan fingerprint density at radius 2 is 2.25 bits per heavy atom. The van der Waals surface area contributed by atoms with Gasteiger partial charge in [0.1, 0.15) is 0 Å². The van der Waals surface area contributed by atoms with E-state index >= 15 is 0 Å². The topological polar surface area (TPSA) is 78.4 Å². The van der Waals surface area contributed by atoms with Crippen LogP contribution in [-0.4, -0.2) is 42.3 Å². The van der Waals surface area contributed by atoms with Gasteiger partial charge in [0.25, 0.3) is 0 Å². The Bertz CT molecular complexity index is 293. The molecule has 1 aliphatic heterocycles. The number of hydrogen-bond donors (Lipinski definition) is 3. The molecular formula is C8H11F3N2O3. The molecule has 1 saturated heterocycles. The summed E-state index contributed by atoms with van der Waals surface area (Å²) in [6, 6.07) is 0. The highest BCUT2D eigenvalue weighted by molar-refractivity contribution is 5.89. The van der Waals surface area contributed by atoms with Gasteiger partial charge in [0.05, 0.1) is 12.5 Å². The third-order valence-corrected chi connectivity index (χ3v) is 2.20. The lowest BCUT2D eigenvalue weighted by Gasteiger charge is -2.16. The van der Waals surface area contributed by atoms with Crippen molar-refractivity contribution >= 4 is 11.8 Å². The smallest absolute Gasteiger partial charge is 0.382 e. The molecule has 92 valence electrons. The molecule has 0 spiro atoms. The molecule has 1 rings (SSSR count). The first kappa shape index (κ1) is 12.8. The summed E-state index contributed by atoms with van der Waals surface area (Å²) < 4.78 is 35.6. The van der Waals surface area contributed by atoms with Crippen LogP contribution in [0.4, 0.5) is 13.2 Å². The van der Waals surface area contributed by atoms with Crippen LogP contribution in [0.3, 0.4) is 0 Å². The first-order valence-electron chi connectivity index (χ1n) is 4.60. The fourth-order valence-corrected chi connectivity index (χ4v) is 1.25. The Labute approximate surface area is 89.0 Å². The molecule has 0 aliphatic carbocycles. The van der Waals surface area contributed by atoms with Crippen molar-refractivity contribution in [1.29, 1.82) is 0 Å². The van der Waals surface area contributed by atoms with Gasteiger partial charge in [-0.15, -0.1) is 0 Å². The number of nitrogens with one attached hydrogen (secondary N) is 2. The number of carbonyl (C=O) groups excluding carboxylic acids is 2. The molecule has 3 N–H and O–H groups in total. The summed E-state index contributed by atoms with van der Waals surface area (Å²) in [5, 5.41) is 12.9. The summed E-state index contributed by atoms with van der Waals surface area (Å²) >= 11 is 0. The molecule has 0 saturated carbocycles. The molecule has 2 atom stereocenters. The number of hydrogen-bond acceptors (Lipinski definition) is 3. The predicted molar refractivity (Wildman–Crippen MR) is 46.2 cm³/mol. The predicted octanol–water partition coefficient (Wildman–Crippen LogP) is -0.838. The van der Waals surface area contributed by atoms with Gasteiger partial charge >= 0.3 is 6.18 Å². The van der Waals surface area contributed by atoms with E-state index in [9.17, 15) is 22.8 Å².